The van der Waals surface area contributed by atoms with E-state index in [1.165, 1.54) is 32.8 Å². The van der Waals surface area contributed by atoms with Gasteiger partial charge in [0.05, 0.1) is 17.7 Å². The van der Waals surface area contributed by atoms with E-state index in [0.717, 1.165) is 18.7 Å². The molecule has 1 aliphatic carbocycles. The highest BCUT2D eigenvalue weighted by atomic mass is 32.1. The van der Waals surface area contributed by atoms with Crippen molar-refractivity contribution in [3.8, 4) is 11.1 Å². The first-order valence-corrected chi connectivity index (χ1v) is 8.03. The molecular weight excluding hydrogens is 276 g/mol. The standard InChI is InChI=1S/C18H16N2S/c1-12-18(21-11-20-12)10-19-15-6-7-17-14(9-15)8-13-4-2-3-5-16(13)17/h2-7,9,11,19H,8,10H2,1H3. The molecule has 104 valence electrons. The molecule has 0 amide bonds. The minimum atomic E-state index is 0.849. The Kier molecular flexibility index (Phi) is 3.00. The Morgan fingerprint density at radius 2 is 1.95 bits per heavy atom. The van der Waals surface area contributed by atoms with Gasteiger partial charge in [-0.1, -0.05) is 30.3 Å². The lowest BCUT2D eigenvalue weighted by atomic mass is 10.1. The molecule has 2 aromatic carbocycles. The maximum absolute atomic E-state index is 4.29. The molecule has 0 unspecified atom stereocenters. The lowest BCUT2D eigenvalue weighted by Crippen LogP contribution is -1.99. The van der Waals surface area contributed by atoms with Gasteiger partial charge in [-0.25, -0.2) is 4.98 Å². The summed E-state index contributed by atoms with van der Waals surface area (Å²) in [7, 11) is 0. The molecule has 1 aliphatic rings. The summed E-state index contributed by atoms with van der Waals surface area (Å²) in [4.78, 5) is 5.60. The van der Waals surface area contributed by atoms with Crippen molar-refractivity contribution in [2.24, 2.45) is 0 Å². The van der Waals surface area contributed by atoms with Gasteiger partial charge in [-0.2, -0.15) is 0 Å². The monoisotopic (exact) mass is 292 g/mol. The van der Waals surface area contributed by atoms with Crippen LogP contribution in [0.25, 0.3) is 11.1 Å². The fraction of sp³-hybridized carbons (Fsp3) is 0.167. The first-order chi connectivity index (χ1) is 10.3. The van der Waals surface area contributed by atoms with Crippen molar-refractivity contribution in [3.05, 3.63) is 69.7 Å². The maximum atomic E-state index is 4.29. The van der Waals surface area contributed by atoms with Gasteiger partial charge in [-0.3, -0.25) is 0 Å². The van der Waals surface area contributed by atoms with Crippen LogP contribution in [0.1, 0.15) is 21.7 Å². The molecule has 0 atom stereocenters. The number of hydrogen-bond acceptors (Lipinski definition) is 3. The molecule has 1 heterocycles. The predicted molar refractivity (Wildman–Crippen MR) is 88.9 cm³/mol. The van der Waals surface area contributed by atoms with E-state index >= 15 is 0 Å². The Hall–Kier alpha value is -2.13. The van der Waals surface area contributed by atoms with Gasteiger partial charge >= 0.3 is 0 Å². The molecule has 0 saturated heterocycles. The number of benzene rings is 2. The van der Waals surface area contributed by atoms with E-state index < -0.39 is 0 Å². The lowest BCUT2D eigenvalue weighted by molar-refractivity contribution is 1.12. The van der Waals surface area contributed by atoms with Gasteiger partial charge < -0.3 is 5.32 Å². The maximum Gasteiger partial charge on any atom is 0.0798 e. The third kappa shape index (κ3) is 2.24. The number of anilines is 1. The SMILES string of the molecule is Cc1ncsc1CNc1ccc2c(c1)Cc1ccccc1-2. The molecular formula is C18H16N2S. The third-order valence-corrected chi connectivity index (χ3v) is 5.03. The lowest BCUT2D eigenvalue weighted by Gasteiger charge is -2.08. The van der Waals surface area contributed by atoms with Crippen molar-refractivity contribution < 1.29 is 0 Å². The van der Waals surface area contributed by atoms with Crippen molar-refractivity contribution >= 4 is 17.0 Å². The quantitative estimate of drug-likeness (QED) is 0.595. The number of rotatable bonds is 3. The van der Waals surface area contributed by atoms with Crippen LogP contribution in [0, 0.1) is 6.92 Å². The molecule has 0 aliphatic heterocycles. The van der Waals surface area contributed by atoms with Crippen molar-refractivity contribution in [1.29, 1.82) is 0 Å². The highest BCUT2D eigenvalue weighted by molar-refractivity contribution is 7.09. The smallest absolute Gasteiger partial charge is 0.0798 e. The Balaban J connectivity index is 1.57. The van der Waals surface area contributed by atoms with Crippen LogP contribution < -0.4 is 5.32 Å². The Morgan fingerprint density at radius 3 is 2.81 bits per heavy atom. The van der Waals surface area contributed by atoms with E-state index in [1.807, 2.05) is 5.51 Å². The summed E-state index contributed by atoms with van der Waals surface area (Å²) in [5.41, 5.74) is 9.84. The fourth-order valence-corrected chi connectivity index (χ4v) is 3.65. The van der Waals surface area contributed by atoms with Crippen LogP contribution in [0.5, 0.6) is 0 Å². The number of aryl methyl sites for hydroxylation is 1. The van der Waals surface area contributed by atoms with Gasteiger partial charge in [-0.15, -0.1) is 11.3 Å². The van der Waals surface area contributed by atoms with Crippen LogP contribution in [0.2, 0.25) is 0 Å². The number of thiazole rings is 1. The molecule has 21 heavy (non-hydrogen) atoms. The number of hydrogen-bond donors (Lipinski definition) is 1. The zero-order valence-corrected chi connectivity index (χ0v) is 12.7. The van der Waals surface area contributed by atoms with E-state index in [2.05, 4.69) is 59.7 Å². The Morgan fingerprint density at radius 1 is 1.10 bits per heavy atom. The van der Waals surface area contributed by atoms with Gasteiger partial charge in [0.1, 0.15) is 0 Å². The molecule has 4 rings (SSSR count). The van der Waals surface area contributed by atoms with Crippen molar-refractivity contribution in [1.82, 2.24) is 4.98 Å². The first-order valence-electron chi connectivity index (χ1n) is 7.15. The summed E-state index contributed by atoms with van der Waals surface area (Å²) in [5.74, 6) is 0. The van der Waals surface area contributed by atoms with Crippen molar-refractivity contribution in [2.45, 2.75) is 19.9 Å². The average molecular weight is 292 g/mol. The molecule has 1 N–H and O–H groups in total. The molecule has 2 nitrogen and oxygen atoms in total. The minimum Gasteiger partial charge on any atom is -0.380 e. The van der Waals surface area contributed by atoms with Crippen LogP contribution in [-0.2, 0) is 13.0 Å². The van der Waals surface area contributed by atoms with Crippen molar-refractivity contribution in [3.63, 3.8) is 0 Å². The summed E-state index contributed by atoms with van der Waals surface area (Å²) >= 11 is 1.71. The fourth-order valence-electron chi connectivity index (χ4n) is 2.93. The van der Waals surface area contributed by atoms with Crippen molar-refractivity contribution in [2.75, 3.05) is 5.32 Å². The minimum absolute atomic E-state index is 0.849. The Labute approximate surface area is 128 Å². The Bertz CT molecular complexity index is 804. The highest BCUT2D eigenvalue weighted by Gasteiger charge is 2.17. The van der Waals surface area contributed by atoms with Gasteiger partial charge in [0, 0.05) is 10.6 Å². The summed E-state index contributed by atoms with van der Waals surface area (Å²) in [6, 6.07) is 15.4. The van der Waals surface area contributed by atoms with Crippen LogP contribution in [-0.4, -0.2) is 4.98 Å². The zero-order chi connectivity index (χ0) is 14.2. The summed E-state index contributed by atoms with van der Waals surface area (Å²) in [6.07, 6.45) is 1.04. The third-order valence-electron chi connectivity index (χ3n) is 4.09. The van der Waals surface area contributed by atoms with E-state index in [4.69, 9.17) is 0 Å². The second-order valence-electron chi connectivity index (χ2n) is 5.42. The molecule has 0 bridgehead atoms. The topological polar surface area (TPSA) is 24.9 Å². The molecule has 3 heteroatoms. The molecule has 0 saturated carbocycles. The number of nitrogens with zero attached hydrogens (tertiary/aromatic N) is 1. The van der Waals surface area contributed by atoms with Gasteiger partial charge in [0.15, 0.2) is 0 Å². The summed E-state index contributed by atoms with van der Waals surface area (Å²) in [6.45, 7) is 2.91. The van der Waals surface area contributed by atoms with Crippen LogP contribution in [0.15, 0.2) is 48.0 Å². The van der Waals surface area contributed by atoms with E-state index in [0.29, 0.717) is 0 Å². The van der Waals surface area contributed by atoms with E-state index in [9.17, 15) is 0 Å². The zero-order valence-electron chi connectivity index (χ0n) is 11.9. The average Bonchev–Trinajstić information content (AvgIpc) is 3.07. The van der Waals surface area contributed by atoms with Gasteiger partial charge in [-0.05, 0) is 47.7 Å². The van der Waals surface area contributed by atoms with Gasteiger partial charge in [0.2, 0.25) is 0 Å². The molecule has 0 fully saturated rings. The largest absolute Gasteiger partial charge is 0.380 e. The second-order valence-corrected chi connectivity index (χ2v) is 6.36. The second kappa shape index (κ2) is 5.01. The number of nitrogens with one attached hydrogen (secondary N) is 1. The molecule has 1 aromatic heterocycles. The number of aromatic nitrogens is 1. The summed E-state index contributed by atoms with van der Waals surface area (Å²) in [5, 5.41) is 3.51. The highest BCUT2D eigenvalue weighted by Crippen LogP contribution is 2.37. The normalized spacial score (nSPS) is 12.0. The predicted octanol–water partition coefficient (Wildman–Crippen LogP) is 4.63. The summed E-state index contributed by atoms with van der Waals surface area (Å²) < 4.78 is 0. The van der Waals surface area contributed by atoms with Crippen LogP contribution in [0.4, 0.5) is 5.69 Å². The van der Waals surface area contributed by atoms with Gasteiger partial charge in [0.25, 0.3) is 0 Å². The molecule has 3 aromatic rings. The van der Waals surface area contributed by atoms with Crippen LogP contribution >= 0.6 is 11.3 Å². The first kappa shape index (κ1) is 12.6. The number of fused-ring (bicyclic) bond motifs is 3. The molecule has 0 spiro atoms. The van der Waals surface area contributed by atoms with E-state index in [-0.39, 0.29) is 0 Å². The van der Waals surface area contributed by atoms with Crippen LogP contribution in [0.3, 0.4) is 0 Å². The van der Waals surface area contributed by atoms with E-state index in [1.54, 1.807) is 11.3 Å². The molecule has 0 radical (unpaired) electrons.